The molecular formula is C12H12ClFN2O3. The summed E-state index contributed by atoms with van der Waals surface area (Å²) in [6.45, 7) is 1.00. The molecule has 1 saturated heterocycles. The smallest absolute Gasteiger partial charge is 0.285 e. The number of carbonyl (C=O) groups is 1. The Morgan fingerprint density at radius 2 is 2.32 bits per heavy atom. The highest BCUT2D eigenvalue weighted by molar-refractivity contribution is 6.18. The van der Waals surface area contributed by atoms with Crippen molar-refractivity contribution < 1.29 is 14.1 Å². The van der Waals surface area contributed by atoms with Crippen molar-refractivity contribution in [3.05, 3.63) is 39.7 Å². The van der Waals surface area contributed by atoms with Gasteiger partial charge in [0.15, 0.2) is 0 Å². The number of nitrogens with zero attached hydrogens (tertiary/aromatic N) is 2. The second-order valence-corrected chi connectivity index (χ2v) is 4.79. The highest BCUT2D eigenvalue weighted by atomic mass is 35.5. The van der Waals surface area contributed by atoms with Crippen LogP contribution in [0.15, 0.2) is 18.2 Å². The summed E-state index contributed by atoms with van der Waals surface area (Å²) < 4.78 is 13.0. The van der Waals surface area contributed by atoms with Crippen LogP contribution in [0, 0.1) is 21.8 Å². The molecule has 1 aliphatic heterocycles. The van der Waals surface area contributed by atoms with Gasteiger partial charge in [-0.25, -0.2) is 4.39 Å². The predicted octanol–water partition coefficient (Wildman–Crippen LogP) is 2.43. The molecule has 0 radical (unpaired) electrons. The van der Waals surface area contributed by atoms with Gasteiger partial charge in [-0.2, -0.15) is 0 Å². The van der Waals surface area contributed by atoms with Crippen LogP contribution in [0.2, 0.25) is 0 Å². The quantitative estimate of drug-likeness (QED) is 0.487. The van der Waals surface area contributed by atoms with Gasteiger partial charge < -0.3 is 4.90 Å². The van der Waals surface area contributed by atoms with Crippen LogP contribution in [0.3, 0.4) is 0 Å². The van der Waals surface area contributed by atoms with E-state index >= 15 is 0 Å². The van der Waals surface area contributed by atoms with E-state index in [0.29, 0.717) is 19.0 Å². The van der Waals surface area contributed by atoms with E-state index in [0.717, 1.165) is 24.6 Å². The molecule has 102 valence electrons. The van der Waals surface area contributed by atoms with E-state index in [2.05, 4.69) is 0 Å². The van der Waals surface area contributed by atoms with Crippen LogP contribution in [-0.4, -0.2) is 34.7 Å². The summed E-state index contributed by atoms with van der Waals surface area (Å²) >= 11 is 5.73. The van der Waals surface area contributed by atoms with Crippen molar-refractivity contribution >= 4 is 23.2 Å². The molecule has 1 atom stereocenters. The molecule has 1 amide bonds. The number of hydrogen-bond acceptors (Lipinski definition) is 3. The molecule has 7 heteroatoms. The van der Waals surface area contributed by atoms with E-state index in [-0.39, 0.29) is 11.5 Å². The number of alkyl halides is 1. The number of amides is 1. The molecule has 2 rings (SSSR count). The average molecular weight is 287 g/mol. The van der Waals surface area contributed by atoms with E-state index in [1.807, 2.05) is 0 Å². The van der Waals surface area contributed by atoms with Crippen LogP contribution < -0.4 is 0 Å². The lowest BCUT2D eigenvalue weighted by Gasteiger charge is -2.16. The second kappa shape index (κ2) is 5.52. The Labute approximate surface area is 114 Å². The Morgan fingerprint density at radius 3 is 2.89 bits per heavy atom. The number of benzene rings is 1. The predicted molar refractivity (Wildman–Crippen MR) is 67.8 cm³/mol. The SMILES string of the molecule is O=C(c1ccc(F)cc1[N+](=O)[O-])N1CCC(CCl)C1. The number of halogens is 2. The Hall–Kier alpha value is -1.69. The number of carbonyl (C=O) groups excluding carboxylic acids is 1. The molecule has 0 aromatic heterocycles. The highest BCUT2D eigenvalue weighted by Gasteiger charge is 2.30. The van der Waals surface area contributed by atoms with E-state index < -0.39 is 22.3 Å². The summed E-state index contributed by atoms with van der Waals surface area (Å²) in [6.07, 6.45) is 0.782. The zero-order chi connectivity index (χ0) is 14.0. The first kappa shape index (κ1) is 13.7. The van der Waals surface area contributed by atoms with Gasteiger partial charge in [0.25, 0.3) is 11.6 Å². The van der Waals surface area contributed by atoms with Crippen molar-refractivity contribution in [2.24, 2.45) is 5.92 Å². The van der Waals surface area contributed by atoms with Crippen LogP contribution in [-0.2, 0) is 0 Å². The Morgan fingerprint density at radius 1 is 1.58 bits per heavy atom. The molecule has 5 nitrogen and oxygen atoms in total. The van der Waals surface area contributed by atoms with Crippen molar-refractivity contribution in [2.75, 3.05) is 19.0 Å². The minimum atomic E-state index is -0.745. The third-order valence-electron chi connectivity index (χ3n) is 3.18. The Kier molecular flexibility index (Phi) is 3.99. The van der Waals surface area contributed by atoms with Gasteiger partial charge >= 0.3 is 0 Å². The Balaban J connectivity index is 2.27. The molecule has 1 aromatic rings. The van der Waals surface area contributed by atoms with E-state index in [4.69, 9.17) is 11.6 Å². The van der Waals surface area contributed by atoms with Crippen molar-refractivity contribution in [1.29, 1.82) is 0 Å². The van der Waals surface area contributed by atoms with Gasteiger partial charge in [0, 0.05) is 19.0 Å². The molecule has 0 bridgehead atoms. The van der Waals surface area contributed by atoms with Crippen molar-refractivity contribution in [3.8, 4) is 0 Å². The number of nitro benzene ring substituents is 1. The zero-order valence-corrected chi connectivity index (χ0v) is 10.8. The normalized spacial score (nSPS) is 18.6. The van der Waals surface area contributed by atoms with Crippen molar-refractivity contribution in [2.45, 2.75) is 6.42 Å². The zero-order valence-electron chi connectivity index (χ0n) is 10.0. The number of likely N-dealkylation sites (tertiary alicyclic amines) is 1. The van der Waals surface area contributed by atoms with Gasteiger partial charge in [0.1, 0.15) is 11.4 Å². The molecule has 19 heavy (non-hydrogen) atoms. The molecule has 0 aliphatic carbocycles. The first-order valence-corrected chi connectivity index (χ1v) is 6.35. The molecule has 0 spiro atoms. The number of nitro groups is 1. The summed E-state index contributed by atoms with van der Waals surface area (Å²) in [5, 5.41) is 10.9. The lowest BCUT2D eigenvalue weighted by Crippen LogP contribution is -2.29. The molecule has 1 fully saturated rings. The molecule has 1 aromatic carbocycles. The maximum Gasteiger partial charge on any atom is 0.285 e. The van der Waals surface area contributed by atoms with Crippen LogP contribution >= 0.6 is 11.6 Å². The standard InChI is InChI=1S/C12H12ClFN2O3/c13-6-8-3-4-15(7-8)12(17)10-2-1-9(14)5-11(10)16(18)19/h1-2,5,8H,3-4,6-7H2. The second-order valence-electron chi connectivity index (χ2n) is 4.48. The van der Waals surface area contributed by atoms with Gasteiger partial charge in [-0.3, -0.25) is 14.9 Å². The summed E-state index contributed by atoms with van der Waals surface area (Å²) in [4.78, 5) is 23.8. The lowest BCUT2D eigenvalue weighted by molar-refractivity contribution is -0.385. The topological polar surface area (TPSA) is 63.4 Å². The number of rotatable bonds is 3. The van der Waals surface area contributed by atoms with Crippen LogP contribution in [0.1, 0.15) is 16.8 Å². The third kappa shape index (κ3) is 2.84. The van der Waals surface area contributed by atoms with Crippen LogP contribution in [0.4, 0.5) is 10.1 Å². The fourth-order valence-electron chi connectivity index (χ4n) is 2.15. The summed E-state index contributed by atoms with van der Waals surface area (Å²) in [5.74, 6) is -0.511. The molecule has 1 aliphatic rings. The molecule has 0 N–H and O–H groups in total. The summed E-state index contributed by atoms with van der Waals surface area (Å²) in [7, 11) is 0. The third-order valence-corrected chi connectivity index (χ3v) is 3.61. The number of hydrogen-bond donors (Lipinski definition) is 0. The lowest BCUT2D eigenvalue weighted by atomic mass is 10.1. The molecular weight excluding hydrogens is 275 g/mol. The van der Waals surface area contributed by atoms with Gasteiger partial charge in [-0.15, -0.1) is 11.6 Å². The van der Waals surface area contributed by atoms with Crippen LogP contribution in [0.25, 0.3) is 0 Å². The molecule has 1 unspecified atom stereocenters. The van der Waals surface area contributed by atoms with Crippen molar-refractivity contribution in [1.82, 2.24) is 4.90 Å². The largest absolute Gasteiger partial charge is 0.338 e. The molecule has 0 saturated carbocycles. The fraction of sp³-hybridized carbons (Fsp3) is 0.417. The maximum atomic E-state index is 13.0. The monoisotopic (exact) mass is 286 g/mol. The first-order valence-electron chi connectivity index (χ1n) is 5.82. The summed E-state index contributed by atoms with van der Waals surface area (Å²) in [5.41, 5.74) is -0.582. The van der Waals surface area contributed by atoms with E-state index in [1.54, 1.807) is 0 Å². The van der Waals surface area contributed by atoms with E-state index in [9.17, 15) is 19.3 Å². The van der Waals surface area contributed by atoms with Crippen molar-refractivity contribution in [3.63, 3.8) is 0 Å². The fourth-order valence-corrected chi connectivity index (χ4v) is 2.40. The van der Waals surface area contributed by atoms with Gasteiger partial charge in [0.05, 0.1) is 11.0 Å². The van der Waals surface area contributed by atoms with Gasteiger partial charge in [-0.05, 0) is 24.5 Å². The van der Waals surface area contributed by atoms with E-state index in [1.165, 1.54) is 4.90 Å². The highest BCUT2D eigenvalue weighted by Crippen LogP contribution is 2.25. The minimum absolute atomic E-state index is 0.0818. The minimum Gasteiger partial charge on any atom is -0.338 e. The first-order chi connectivity index (χ1) is 9.02. The Bertz CT molecular complexity index is 524. The summed E-state index contributed by atoms with van der Waals surface area (Å²) in [6, 6.07) is 2.97. The average Bonchev–Trinajstić information content (AvgIpc) is 2.86. The molecule has 1 heterocycles. The van der Waals surface area contributed by atoms with Gasteiger partial charge in [-0.1, -0.05) is 0 Å². The van der Waals surface area contributed by atoms with Gasteiger partial charge in [0.2, 0.25) is 0 Å². The maximum absolute atomic E-state index is 13.0. The van der Waals surface area contributed by atoms with Crippen LogP contribution in [0.5, 0.6) is 0 Å².